The summed E-state index contributed by atoms with van der Waals surface area (Å²) in [6.45, 7) is 0. The number of hydrogen-bond donors (Lipinski definition) is 3. The van der Waals surface area contributed by atoms with Crippen molar-refractivity contribution < 1.29 is 4.92 Å². The maximum atomic E-state index is 10.6. The minimum absolute atomic E-state index is 0.00972. The number of rotatable bonds is 4. The maximum absolute atomic E-state index is 10.6. The van der Waals surface area contributed by atoms with E-state index in [0.29, 0.717) is 21.4 Å². The first-order chi connectivity index (χ1) is 10.5. The van der Waals surface area contributed by atoms with Crippen LogP contribution in [0.1, 0.15) is 0 Å². The van der Waals surface area contributed by atoms with Gasteiger partial charge in [-0.3, -0.25) is 21.0 Å². The fourth-order valence-corrected chi connectivity index (χ4v) is 2.17. The molecule has 0 aromatic heterocycles. The lowest BCUT2D eigenvalue weighted by molar-refractivity contribution is -0.384. The van der Waals surface area contributed by atoms with Crippen LogP contribution in [0.3, 0.4) is 0 Å². The topological polar surface area (TPSA) is 79.2 Å². The molecule has 0 fully saturated rings. The van der Waals surface area contributed by atoms with Crippen molar-refractivity contribution in [1.29, 1.82) is 0 Å². The van der Waals surface area contributed by atoms with Crippen molar-refractivity contribution in [2.24, 2.45) is 0 Å². The number of non-ortho nitro benzene ring substituents is 1. The van der Waals surface area contributed by atoms with Crippen molar-refractivity contribution in [3.05, 3.63) is 62.6 Å². The standard InChI is InChI=1S/C13H10Cl2N4O2S/c14-8-1-6-12(11(15)7-8)17-18-13(22)16-9-2-4-10(5-3-9)19(20)21/h1-7,17H,(H2,16,18,22). The Balaban J connectivity index is 1.91. The van der Waals surface area contributed by atoms with Gasteiger partial charge in [-0.1, -0.05) is 23.2 Å². The predicted octanol–water partition coefficient (Wildman–Crippen LogP) is 4.22. The van der Waals surface area contributed by atoms with E-state index in [0.717, 1.165) is 0 Å². The Morgan fingerprint density at radius 2 is 1.82 bits per heavy atom. The Kier molecular flexibility index (Phi) is 5.37. The lowest BCUT2D eigenvalue weighted by atomic mass is 10.3. The Labute approximate surface area is 141 Å². The zero-order valence-corrected chi connectivity index (χ0v) is 13.3. The average Bonchev–Trinajstić information content (AvgIpc) is 2.47. The molecule has 114 valence electrons. The summed E-state index contributed by atoms with van der Waals surface area (Å²) < 4.78 is 0. The summed E-state index contributed by atoms with van der Waals surface area (Å²) in [5, 5.41) is 14.7. The van der Waals surface area contributed by atoms with E-state index in [4.69, 9.17) is 35.4 Å². The van der Waals surface area contributed by atoms with Crippen LogP contribution < -0.4 is 16.2 Å². The van der Waals surface area contributed by atoms with Crippen molar-refractivity contribution in [2.75, 3.05) is 10.7 Å². The molecule has 6 nitrogen and oxygen atoms in total. The van der Waals surface area contributed by atoms with E-state index in [1.807, 2.05) is 0 Å². The number of halogens is 2. The monoisotopic (exact) mass is 356 g/mol. The van der Waals surface area contributed by atoms with Gasteiger partial charge in [0.15, 0.2) is 5.11 Å². The number of thiocarbonyl (C=S) groups is 1. The van der Waals surface area contributed by atoms with Crippen molar-refractivity contribution in [3.8, 4) is 0 Å². The van der Waals surface area contributed by atoms with Gasteiger partial charge in [0.05, 0.1) is 15.6 Å². The summed E-state index contributed by atoms with van der Waals surface area (Å²) >= 11 is 16.9. The molecular weight excluding hydrogens is 347 g/mol. The number of nitrogens with one attached hydrogen (secondary N) is 3. The van der Waals surface area contributed by atoms with Gasteiger partial charge in [0, 0.05) is 22.8 Å². The van der Waals surface area contributed by atoms with Crippen LogP contribution >= 0.6 is 35.4 Å². The minimum atomic E-state index is -0.468. The number of hydrogen-bond acceptors (Lipinski definition) is 4. The molecule has 9 heteroatoms. The minimum Gasteiger partial charge on any atom is -0.331 e. The smallest absolute Gasteiger partial charge is 0.269 e. The molecule has 0 aliphatic heterocycles. The van der Waals surface area contributed by atoms with E-state index in [-0.39, 0.29) is 10.8 Å². The van der Waals surface area contributed by atoms with Gasteiger partial charge in [0.25, 0.3) is 5.69 Å². The zero-order valence-electron chi connectivity index (χ0n) is 11.0. The van der Waals surface area contributed by atoms with E-state index in [9.17, 15) is 10.1 Å². The molecule has 0 unspecified atom stereocenters. The summed E-state index contributed by atoms with van der Waals surface area (Å²) in [5.41, 5.74) is 6.83. The summed E-state index contributed by atoms with van der Waals surface area (Å²) in [6, 6.07) is 10.9. The van der Waals surface area contributed by atoms with Crippen LogP contribution in [-0.4, -0.2) is 10.0 Å². The van der Waals surface area contributed by atoms with Crippen LogP contribution in [0.2, 0.25) is 10.0 Å². The van der Waals surface area contributed by atoms with Crippen molar-refractivity contribution in [2.45, 2.75) is 0 Å². The van der Waals surface area contributed by atoms with E-state index >= 15 is 0 Å². The fraction of sp³-hybridized carbons (Fsp3) is 0. The van der Waals surface area contributed by atoms with Crippen molar-refractivity contribution in [3.63, 3.8) is 0 Å². The first-order valence-electron chi connectivity index (χ1n) is 5.98. The van der Waals surface area contributed by atoms with Gasteiger partial charge in [-0.15, -0.1) is 0 Å². The van der Waals surface area contributed by atoms with Crippen LogP contribution in [-0.2, 0) is 0 Å². The molecule has 0 aliphatic rings. The summed E-state index contributed by atoms with van der Waals surface area (Å²) in [7, 11) is 0. The molecule has 0 aliphatic carbocycles. The molecule has 2 aromatic carbocycles. The average molecular weight is 357 g/mol. The Morgan fingerprint density at radius 1 is 1.14 bits per heavy atom. The number of anilines is 2. The second kappa shape index (κ2) is 7.26. The normalized spacial score (nSPS) is 9.91. The summed E-state index contributed by atoms with van der Waals surface area (Å²) in [5.74, 6) is 0. The highest BCUT2D eigenvalue weighted by Crippen LogP contribution is 2.24. The highest BCUT2D eigenvalue weighted by molar-refractivity contribution is 7.80. The molecule has 22 heavy (non-hydrogen) atoms. The second-order valence-corrected chi connectivity index (χ2v) is 5.38. The van der Waals surface area contributed by atoms with Gasteiger partial charge in [0.1, 0.15) is 0 Å². The fourth-order valence-electron chi connectivity index (χ4n) is 1.54. The number of nitrogens with zero attached hydrogens (tertiary/aromatic N) is 1. The third kappa shape index (κ3) is 4.45. The van der Waals surface area contributed by atoms with Gasteiger partial charge in [-0.2, -0.15) is 0 Å². The van der Waals surface area contributed by atoms with E-state index < -0.39 is 4.92 Å². The lowest BCUT2D eigenvalue weighted by Crippen LogP contribution is -2.33. The number of nitro groups is 1. The molecule has 0 heterocycles. The van der Waals surface area contributed by atoms with Gasteiger partial charge in [0.2, 0.25) is 0 Å². The molecule has 2 aromatic rings. The van der Waals surface area contributed by atoms with Crippen LogP contribution in [0.25, 0.3) is 0 Å². The van der Waals surface area contributed by atoms with Crippen LogP contribution in [0.15, 0.2) is 42.5 Å². The van der Waals surface area contributed by atoms with Crippen LogP contribution in [0, 0.1) is 10.1 Å². The molecule has 2 rings (SSSR count). The Hall–Kier alpha value is -2.09. The predicted molar refractivity (Wildman–Crippen MR) is 92.5 cm³/mol. The molecule has 0 spiro atoms. The zero-order chi connectivity index (χ0) is 16.1. The van der Waals surface area contributed by atoms with Gasteiger partial charge >= 0.3 is 0 Å². The van der Waals surface area contributed by atoms with E-state index in [1.165, 1.54) is 12.1 Å². The summed E-state index contributed by atoms with van der Waals surface area (Å²) in [4.78, 5) is 10.1. The van der Waals surface area contributed by atoms with Gasteiger partial charge in [-0.05, 0) is 42.5 Å². The second-order valence-electron chi connectivity index (χ2n) is 4.13. The first kappa shape index (κ1) is 16.3. The first-order valence-corrected chi connectivity index (χ1v) is 7.14. The highest BCUT2D eigenvalue weighted by Gasteiger charge is 2.05. The van der Waals surface area contributed by atoms with Crippen molar-refractivity contribution >= 4 is 57.6 Å². The van der Waals surface area contributed by atoms with Gasteiger partial charge < -0.3 is 5.32 Å². The van der Waals surface area contributed by atoms with Crippen LogP contribution in [0.5, 0.6) is 0 Å². The number of hydrazine groups is 1. The quantitative estimate of drug-likeness (QED) is 0.432. The van der Waals surface area contributed by atoms with E-state index in [1.54, 1.807) is 30.3 Å². The van der Waals surface area contributed by atoms with Crippen molar-refractivity contribution in [1.82, 2.24) is 5.43 Å². The molecule has 0 atom stereocenters. The lowest BCUT2D eigenvalue weighted by Gasteiger charge is -2.13. The number of nitro benzene ring substituents is 1. The molecule has 3 N–H and O–H groups in total. The highest BCUT2D eigenvalue weighted by atomic mass is 35.5. The SMILES string of the molecule is O=[N+]([O-])c1ccc(NC(=S)NNc2ccc(Cl)cc2Cl)cc1. The molecule has 0 amide bonds. The molecule has 0 saturated heterocycles. The summed E-state index contributed by atoms with van der Waals surface area (Å²) in [6.07, 6.45) is 0. The van der Waals surface area contributed by atoms with Gasteiger partial charge in [-0.25, -0.2) is 0 Å². The maximum Gasteiger partial charge on any atom is 0.269 e. The number of benzene rings is 2. The molecule has 0 radical (unpaired) electrons. The Morgan fingerprint density at radius 3 is 2.41 bits per heavy atom. The Bertz CT molecular complexity index is 710. The molecular formula is C13H10Cl2N4O2S. The molecule has 0 bridgehead atoms. The van der Waals surface area contributed by atoms with Crippen LogP contribution in [0.4, 0.5) is 17.1 Å². The third-order valence-electron chi connectivity index (χ3n) is 2.58. The molecule has 0 saturated carbocycles. The van der Waals surface area contributed by atoms with E-state index in [2.05, 4.69) is 16.2 Å². The third-order valence-corrected chi connectivity index (χ3v) is 3.33. The largest absolute Gasteiger partial charge is 0.331 e.